The van der Waals surface area contributed by atoms with Gasteiger partial charge in [0.1, 0.15) is 17.2 Å². The molecule has 2 aliphatic rings. The fourth-order valence-electron chi connectivity index (χ4n) is 3.62. The normalized spacial score (nSPS) is 20.5. The van der Waals surface area contributed by atoms with Gasteiger partial charge in [0.15, 0.2) is 15.0 Å². The van der Waals surface area contributed by atoms with Crippen LogP contribution in [0.1, 0.15) is 12.2 Å². The number of alkyl halides is 2. The molecule has 35 heavy (non-hydrogen) atoms. The smallest absolute Gasteiger partial charge is 0.387 e. The first-order chi connectivity index (χ1) is 16.6. The molecular formula is C22H21F2N3O6S2. The molecule has 1 saturated heterocycles. The minimum atomic E-state index is -3.15. The standard InChI is InChI=1S/C22H21F2N3O6S2/c1-26(15-8-10-35(30,31)13-15)19(28)12-34-22-25-18(11-17-3-2-9-32-17)20(29)27(22)14-4-6-16(7-5-14)33-21(23)24/h2-7,9,11,15,21H,8,10,12-13H2,1H3. The van der Waals surface area contributed by atoms with Gasteiger partial charge in [0.2, 0.25) is 5.91 Å². The van der Waals surface area contributed by atoms with E-state index in [1.165, 1.54) is 46.4 Å². The van der Waals surface area contributed by atoms with Crippen molar-refractivity contribution in [3.05, 3.63) is 54.1 Å². The Kier molecular flexibility index (Phi) is 7.26. The lowest BCUT2D eigenvalue weighted by atomic mass is 10.2. The highest BCUT2D eigenvalue weighted by Crippen LogP contribution is 2.31. The molecule has 0 spiro atoms. The van der Waals surface area contributed by atoms with Gasteiger partial charge in [-0.05, 0) is 42.8 Å². The summed E-state index contributed by atoms with van der Waals surface area (Å²) in [5.41, 5.74) is 0.409. The van der Waals surface area contributed by atoms with Crippen LogP contribution in [0.5, 0.6) is 5.75 Å². The van der Waals surface area contributed by atoms with Crippen molar-refractivity contribution in [1.82, 2.24) is 4.90 Å². The molecule has 1 fully saturated rings. The minimum Gasteiger partial charge on any atom is -0.465 e. The van der Waals surface area contributed by atoms with Crippen LogP contribution in [-0.2, 0) is 19.4 Å². The highest BCUT2D eigenvalue weighted by molar-refractivity contribution is 8.14. The number of halogens is 2. The third kappa shape index (κ3) is 5.90. The number of furan rings is 1. The maximum Gasteiger partial charge on any atom is 0.387 e. The number of hydrogen-bond donors (Lipinski definition) is 0. The van der Waals surface area contributed by atoms with E-state index in [2.05, 4.69) is 9.73 Å². The largest absolute Gasteiger partial charge is 0.465 e. The summed E-state index contributed by atoms with van der Waals surface area (Å²) in [5.74, 6) is -0.585. The van der Waals surface area contributed by atoms with E-state index >= 15 is 0 Å². The highest BCUT2D eigenvalue weighted by Gasteiger charge is 2.35. The zero-order chi connectivity index (χ0) is 25.2. The molecule has 0 aliphatic carbocycles. The van der Waals surface area contributed by atoms with Crippen LogP contribution in [0.2, 0.25) is 0 Å². The quantitative estimate of drug-likeness (QED) is 0.511. The number of carbonyl (C=O) groups excluding carboxylic acids is 2. The van der Waals surface area contributed by atoms with Crippen LogP contribution in [0.3, 0.4) is 0 Å². The summed E-state index contributed by atoms with van der Waals surface area (Å²) in [6, 6.07) is 8.36. The molecule has 0 bridgehead atoms. The van der Waals surface area contributed by atoms with Gasteiger partial charge >= 0.3 is 6.61 Å². The second-order valence-electron chi connectivity index (χ2n) is 7.80. The van der Waals surface area contributed by atoms with E-state index in [0.717, 1.165) is 11.8 Å². The Hall–Kier alpha value is -3.19. The Morgan fingerprint density at radius 2 is 2.09 bits per heavy atom. The molecule has 2 aromatic rings. The van der Waals surface area contributed by atoms with Crippen LogP contribution in [0, 0.1) is 0 Å². The molecule has 9 nitrogen and oxygen atoms in total. The zero-order valence-corrected chi connectivity index (χ0v) is 20.1. The third-order valence-corrected chi connectivity index (χ3v) is 8.12. The van der Waals surface area contributed by atoms with Crippen LogP contribution in [0.25, 0.3) is 6.08 Å². The van der Waals surface area contributed by atoms with Crippen LogP contribution in [0.15, 0.2) is 57.8 Å². The SMILES string of the molecule is CN(C(=O)CSC1=NC(=Cc2ccco2)C(=O)N1c1ccc(OC(F)F)cc1)C1CCS(=O)(=O)C1. The van der Waals surface area contributed by atoms with E-state index in [4.69, 9.17) is 4.42 Å². The average molecular weight is 526 g/mol. The number of aliphatic imine (C=N–C) groups is 1. The van der Waals surface area contributed by atoms with Crippen molar-refractivity contribution in [3.63, 3.8) is 0 Å². The van der Waals surface area contributed by atoms with Crippen molar-refractivity contribution in [3.8, 4) is 5.75 Å². The molecule has 1 aromatic heterocycles. The van der Waals surface area contributed by atoms with Crippen molar-refractivity contribution < 1.29 is 35.9 Å². The van der Waals surface area contributed by atoms with Crippen molar-refractivity contribution in [2.24, 2.45) is 4.99 Å². The molecule has 1 unspecified atom stereocenters. The van der Waals surface area contributed by atoms with E-state index in [1.807, 2.05) is 0 Å². The predicted molar refractivity (Wildman–Crippen MR) is 127 cm³/mol. The lowest BCUT2D eigenvalue weighted by Gasteiger charge is -2.24. The van der Waals surface area contributed by atoms with Crippen molar-refractivity contribution in [2.75, 3.05) is 29.2 Å². The molecule has 0 saturated carbocycles. The first kappa shape index (κ1) is 24.9. The molecule has 0 radical (unpaired) electrons. The minimum absolute atomic E-state index is 0.0453. The molecule has 3 heterocycles. The highest BCUT2D eigenvalue weighted by atomic mass is 32.2. The molecule has 13 heteroatoms. The Morgan fingerprint density at radius 1 is 1.34 bits per heavy atom. The van der Waals surface area contributed by atoms with Gasteiger partial charge in [-0.25, -0.2) is 13.4 Å². The van der Waals surface area contributed by atoms with Crippen LogP contribution < -0.4 is 9.64 Å². The monoisotopic (exact) mass is 525 g/mol. The first-order valence-electron chi connectivity index (χ1n) is 10.4. The Balaban J connectivity index is 1.53. The second-order valence-corrected chi connectivity index (χ2v) is 11.0. The number of benzene rings is 1. The fraction of sp³-hybridized carbons (Fsp3) is 0.318. The van der Waals surface area contributed by atoms with Crippen molar-refractivity contribution in [2.45, 2.75) is 19.1 Å². The number of amidine groups is 1. The number of thioether (sulfide) groups is 1. The number of anilines is 1. The second kappa shape index (κ2) is 10.2. The number of amides is 2. The lowest BCUT2D eigenvalue weighted by molar-refractivity contribution is -0.128. The van der Waals surface area contributed by atoms with E-state index < -0.39 is 28.4 Å². The molecule has 2 amide bonds. The maximum absolute atomic E-state index is 13.1. The lowest BCUT2D eigenvalue weighted by Crippen LogP contribution is -2.39. The van der Waals surface area contributed by atoms with Gasteiger partial charge in [-0.1, -0.05) is 11.8 Å². The summed E-state index contributed by atoms with van der Waals surface area (Å²) < 4.78 is 58.1. The Bertz CT molecular complexity index is 1260. The van der Waals surface area contributed by atoms with E-state index in [0.29, 0.717) is 17.9 Å². The van der Waals surface area contributed by atoms with Gasteiger partial charge in [-0.3, -0.25) is 14.5 Å². The molecule has 4 rings (SSSR count). The van der Waals surface area contributed by atoms with Gasteiger partial charge < -0.3 is 14.1 Å². The molecule has 1 atom stereocenters. The molecular weight excluding hydrogens is 504 g/mol. The van der Waals surface area contributed by atoms with Crippen molar-refractivity contribution >= 4 is 50.3 Å². The first-order valence-corrected chi connectivity index (χ1v) is 13.3. The van der Waals surface area contributed by atoms with Gasteiger partial charge in [-0.2, -0.15) is 8.78 Å². The van der Waals surface area contributed by atoms with Crippen LogP contribution in [0.4, 0.5) is 14.5 Å². The topological polar surface area (TPSA) is 109 Å². The predicted octanol–water partition coefficient (Wildman–Crippen LogP) is 3.00. The zero-order valence-electron chi connectivity index (χ0n) is 18.5. The number of carbonyl (C=O) groups is 2. The third-order valence-electron chi connectivity index (χ3n) is 5.45. The number of sulfone groups is 1. The average Bonchev–Trinajstić information content (AvgIpc) is 3.52. The molecule has 0 N–H and O–H groups in total. The molecule has 1 aromatic carbocycles. The Morgan fingerprint density at radius 3 is 2.69 bits per heavy atom. The van der Waals surface area contributed by atoms with E-state index in [-0.39, 0.29) is 39.8 Å². The maximum atomic E-state index is 13.1. The number of rotatable bonds is 7. The Labute approximate surface area is 204 Å². The summed E-state index contributed by atoms with van der Waals surface area (Å²) in [6.45, 7) is -2.98. The van der Waals surface area contributed by atoms with Gasteiger partial charge in [0.25, 0.3) is 5.91 Å². The van der Waals surface area contributed by atoms with Gasteiger partial charge in [0.05, 0.1) is 29.2 Å². The summed E-state index contributed by atoms with van der Waals surface area (Å²) in [6.07, 6.45) is 3.28. The number of nitrogens with zero attached hydrogens (tertiary/aromatic N) is 3. The van der Waals surface area contributed by atoms with E-state index in [9.17, 15) is 26.8 Å². The molecule has 186 valence electrons. The van der Waals surface area contributed by atoms with Gasteiger partial charge in [0, 0.05) is 19.2 Å². The van der Waals surface area contributed by atoms with Crippen LogP contribution in [-0.4, -0.2) is 67.3 Å². The molecule has 2 aliphatic heterocycles. The van der Waals surface area contributed by atoms with Crippen LogP contribution >= 0.6 is 11.8 Å². The number of ether oxygens (including phenoxy) is 1. The van der Waals surface area contributed by atoms with Crippen molar-refractivity contribution in [1.29, 1.82) is 0 Å². The summed E-state index contributed by atoms with van der Waals surface area (Å²) in [4.78, 5) is 32.9. The van der Waals surface area contributed by atoms with E-state index in [1.54, 1.807) is 19.2 Å². The summed E-state index contributed by atoms with van der Waals surface area (Å²) in [7, 11) is -1.60. The van der Waals surface area contributed by atoms with Gasteiger partial charge in [-0.15, -0.1) is 0 Å². The summed E-state index contributed by atoms with van der Waals surface area (Å²) in [5, 5.41) is 0.205. The fourth-order valence-corrected chi connectivity index (χ4v) is 6.33. The summed E-state index contributed by atoms with van der Waals surface area (Å²) >= 11 is 1.01. The number of hydrogen-bond acceptors (Lipinski definition) is 8.